The summed E-state index contributed by atoms with van der Waals surface area (Å²) in [6, 6.07) is 5.48. The van der Waals surface area contributed by atoms with Crippen LogP contribution in [-0.2, 0) is 7.05 Å². The van der Waals surface area contributed by atoms with Gasteiger partial charge in [-0.2, -0.15) is 0 Å². The van der Waals surface area contributed by atoms with Gasteiger partial charge < -0.3 is 20.1 Å². The molecule has 0 unspecified atom stereocenters. The molecule has 2 aromatic rings. The number of benzene rings is 1. The number of hydrogen-bond acceptors (Lipinski definition) is 4. The van der Waals surface area contributed by atoms with Crippen molar-refractivity contribution in [1.29, 1.82) is 0 Å². The van der Waals surface area contributed by atoms with Gasteiger partial charge in [0, 0.05) is 12.7 Å². The Balaban J connectivity index is 2.31. The van der Waals surface area contributed by atoms with Gasteiger partial charge in [0.05, 0.1) is 30.3 Å². The van der Waals surface area contributed by atoms with Crippen LogP contribution in [0.15, 0.2) is 18.2 Å². The predicted molar refractivity (Wildman–Crippen MR) is 67.0 cm³/mol. The third kappa shape index (κ3) is 2.25. The van der Waals surface area contributed by atoms with E-state index in [1.807, 2.05) is 36.7 Å². The molecule has 1 aromatic heterocycles. The van der Waals surface area contributed by atoms with Crippen molar-refractivity contribution in [3.8, 4) is 0 Å². The normalized spacial score (nSPS) is 11.4. The first-order chi connectivity index (χ1) is 8.15. The van der Waals surface area contributed by atoms with Crippen molar-refractivity contribution >= 4 is 16.7 Å². The van der Waals surface area contributed by atoms with E-state index >= 15 is 0 Å². The zero-order valence-corrected chi connectivity index (χ0v) is 10.0. The van der Waals surface area contributed by atoms with Gasteiger partial charge in [0.25, 0.3) is 0 Å². The second-order valence-electron chi connectivity index (χ2n) is 4.13. The predicted octanol–water partition coefficient (Wildman–Crippen LogP) is 0.647. The smallest absolute Gasteiger partial charge is 0.106 e. The average molecular weight is 235 g/mol. The summed E-state index contributed by atoms with van der Waals surface area (Å²) in [5.74, 6) is 0.956. The SMILES string of the molecule is Cc1nc2cc(NC(CO)CO)ccc2n1C. The molecule has 0 aliphatic heterocycles. The number of anilines is 1. The number of aromatic nitrogens is 2. The monoisotopic (exact) mass is 235 g/mol. The third-order valence-corrected chi connectivity index (χ3v) is 2.92. The van der Waals surface area contributed by atoms with Crippen LogP contribution in [0, 0.1) is 6.92 Å². The van der Waals surface area contributed by atoms with Crippen molar-refractivity contribution in [2.45, 2.75) is 13.0 Å². The van der Waals surface area contributed by atoms with Crippen LogP contribution in [0.25, 0.3) is 11.0 Å². The van der Waals surface area contributed by atoms with Crippen LogP contribution in [0.5, 0.6) is 0 Å². The fourth-order valence-electron chi connectivity index (χ4n) is 1.79. The quantitative estimate of drug-likeness (QED) is 0.727. The van der Waals surface area contributed by atoms with Crippen LogP contribution in [0.4, 0.5) is 5.69 Å². The second kappa shape index (κ2) is 4.73. The van der Waals surface area contributed by atoms with Crippen LogP contribution in [-0.4, -0.2) is 39.0 Å². The van der Waals surface area contributed by atoms with E-state index in [9.17, 15) is 0 Å². The minimum absolute atomic E-state index is 0.101. The molecule has 0 spiro atoms. The Morgan fingerprint density at radius 2 is 2.06 bits per heavy atom. The van der Waals surface area contributed by atoms with E-state index in [1.54, 1.807) is 0 Å². The Bertz CT molecular complexity index is 518. The van der Waals surface area contributed by atoms with E-state index in [-0.39, 0.29) is 19.3 Å². The maximum Gasteiger partial charge on any atom is 0.106 e. The molecule has 92 valence electrons. The first-order valence-electron chi connectivity index (χ1n) is 5.57. The number of aryl methyl sites for hydroxylation is 2. The molecule has 0 bridgehead atoms. The number of nitrogens with one attached hydrogen (secondary N) is 1. The molecule has 0 amide bonds. The van der Waals surface area contributed by atoms with Gasteiger partial charge in [0.15, 0.2) is 0 Å². The lowest BCUT2D eigenvalue weighted by Crippen LogP contribution is -2.27. The van der Waals surface area contributed by atoms with Gasteiger partial charge in [-0.05, 0) is 25.1 Å². The number of aliphatic hydroxyl groups is 2. The molecule has 2 rings (SSSR count). The van der Waals surface area contributed by atoms with Crippen molar-refractivity contribution in [2.75, 3.05) is 18.5 Å². The summed E-state index contributed by atoms with van der Waals surface area (Å²) in [5.41, 5.74) is 2.82. The Hall–Kier alpha value is -1.59. The summed E-state index contributed by atoms with van der Waals surface area (Å²) < 4.78 is 2.02. The van der Waals surface area contributed by atoms with Crippen LogP contribution in [0.2, 0.25) is 0 Å². The van der Waals surface area contributed by atoms with Gasteiger partial charge >= 0.3 is 0 Å². The second-order valence-corrected chi connectivity index (χ2v) is 4.13. The average Bonchev–Trinajstić information content (AvgIpc) is 2.62. The summed E-state index contributed by atoms with van der Waals surface area (Å²) in [6.45, 7) is 1.75. The van der Waals surface area contributed by atoms with Crippen LogP contribution in [0.1, 0.15) is 5.82 Å². The van der Waals surface area contributed by atoms with E-state index in [2.05, 4.69) is 10.3 Å². The van der Waals surface area contributed by atoms with E-state index in [1.165, 1.54) is 0 Å². The first kappa shape index (κ1) is 11.9. The molecule has 17 heavy (non-hydrogen) atoms. The number of rotatable bonds is 4. The molecule has 1 aromatic carbocycles. The van der Waals surface area contributed by atoms with Gasteiger partial charge in [-0.15, -0.1) is 0 Å². The molecule has 5 heteroatoms. The van der Waals surface area contributed by atoms with E-state index in [0.29, 0.717) is 0 Å². The molecule has 3 N–H and O–H groups in total. The summed E-state index contributed by atoms with van der Waals surface area (Å²) in [7, 11) is 1.97. The number of imidazole rings is 1. The maximum absolute atomic E-state index is 9.01. The summed E-state index contributed by atoms with van der Waals surface area (Å²) in [5, 5.41) is 21.1. The van der Waals surface area contributed by atoms with Gasteiger partial charge in [-0.3, -0.25) is 0 Å². The Morgan fingerprint density at radius 3 is 2.71 bits per heavy atom. The van der Waals surface area contributed by atoms with Crippen LogP contribution < -0.4 is 5.32 Å². The lowest BCUT2D eigenvalue weighted by atomic mass is 10.2. The Kier molecular flexibility index (Phi) is 3.31. The van der Waals surface area contributed by atoms with E-state index in [0.717, 1.165) is 22.5 Å². The molecule has 0 saturated carbocycles. The highest BCUT2D eigenvalue weighted by Gasteiger charge is 2.08. The lowest BCUT2D eigenvalue weighted by molar-refractivity contribution is 0.204. The van der Waals surface area contributed by atoms with Gasteiger partial charge in [-0.1, -0.05) is 0 Å². The topological polar surface area (TPSA) is 70.3 Å². The van der Waals surface area contributed by atoms with Crippen molar-refractivity contribution < 1.29 is 10.2 Å². The first-order valence-corrected chi connectivity index (χ1v) is 5.57. The zero-order chi connectivity index (χ0) is 12.4. The van der Waals surface area contributed by atoms with Crippen molar-refractivity contribution in [1.82, 2.24) is 9.55 Å². The van der Waals surface area contributed by atoms with Gasteiger partial charge in [0.1, 0.15) is 5.82 Å². The molecule has 0 aliphatic carbocycles. The highest BCUT2D eigenvalue weighted by atomic mass is 16.3. The van der Waals surface area contributed by atoms with Gasteiger partial charge in [0.2, 0.25) is 0 Å². The molecule has 0 atom stereocenters. The fraction of sp³-hybridized carbons (Fsp3) is 0.417. The molecule has 1 heterocycles. The van der Waals surface area contributed by atoms with Crippen molar-refractivity contribution in [3.05, 3.63) is 24.0 Å². The van der Waals surface area contributed by atoms with Gasteiger partial charge in [-0.25, -0.2) is 4.98 Å². The number of fused-ring (bicyclic) bond motifs is 1. The number of aliphatic hydroxyl groups excluding tert-OH is 2. The molecule has 5 nitrogen and oxygen atoms in total. The van der Waals surface area contributed by atoms with Crippen LogP contribution >= 0.6 is 0 Å². The van der Waals surface area contributed by atoms with Crippen molar-refractivity contribution in [2.24, 2.45) is 7.05 Å². The number of hydrogen-bond donors (Lipinski definition) is 3. The van der Waals surface area contributed by atoms with E-state index in [4.69, 9.17) is 10.2 Å². The highest BCUT2D eigenvalue weighted by Crippen LogP contribution is 2.19. The largest absolute Gasteiger partial charge is 0.394 e. The van der Waals surface area contributed by atoms with Crippen molar-refractivity contribution in [3.63, 3.8) is 0 Å². The number of nitrogens with zero attached hydrogens (tertiary/aromatic N) is 2. The molecular formula is C12H17N3O2. The van der Waals surface area contributed by atoms with E-state index < -0.39 is 0 Å². The molecule has 0 radical (unpaired) electrons. The Morgan fingerprint density at radius 1 is 1.35 bits per heavy atom. The molecule has 0 saturated heterocycles. The maximum atomic E-state index is 9.01. The zero-order valence-electron chi connectivity index (χ0n) is 10.0. The summed E-state index contributed by atoms with van der Waals surface area (Å²) >= 11 is 0. The Labute approximate surface area is 99.7 Å². The molecule has 0 fully saturated rings. The molecular weight excluding hydrogens is 218 g/mol. The fourth-order valence-corrected chi connectivity index (χ4v) is 1.79. The molecule has 0 aliphatic rings. The summed E-state index contributed by atoms with van der Waals surface area (Å²) in [4.78, 5) is 4.43. The lowest BCUT2D eigenvalue weighted by Gasteiger charge is -2.14. The minimum Gasteiger partial charge on any atom is -0.394 e. The van der Waals surface area contributed by atoms with Crippen LogP contribution in [0.3, 0.4) is 0 Å². The highest BCUT2D eigenvalue weighted by molar-refractivity contribution is 5.80. The summed E-state index contributed by atoms with van der Waals surface area (Å²) in [6.07, 6.45) is 0. The minimum atomic E-state index is -0.336. The standard InChI is InChI=1S/C12H17N3O2/c1-8-13-11-5-9(14-10(6-16)7-17)3-4-12(11)15(8)2/h3-5,10,14,16-17H,6-7H2,1-2H3. The third-order valence-electron chi connectivity index (χ3n) is 2.92.